The van der Waals surface area contributed by atoms with Crippen molar-refractivity contribution < 1.29 is 27.1 Å². The number of carbonyl (C=O) groups is 1. The Morgan fingerprint density at radius 2 is 2.12 bits per heavy atom. The molecule has 12 heteroatoms. The lowest BCUT2D eigenvalue weighted by Crippen LogP contribution is -2.57. The Kier molecular flexibility index (Phi) is 5.43. The lowest BCUT2D eigenvalue weighted by atomic mass is 10.00. The van der Waals surface area contributed by atoms with Crippen molar-refractivity contribution >= 4 is 17.5 Å². The zero-order valence-corrected chi connectivity index (χ0v) is 17.4. The quantitative estimate of drug-likeness (QED) is 0.516. The van der Waals surface area contributed by atoms with Gasteiger partial charge in [-0.1, -0.05) is 0 Å². The number of ketones is 1. The summed E-state index contributed by atoms with van der Waals surface area (Å²) >= 11 is 0. The van der Waals surface area contributed by atoms with Crippen molar-refractivity contribution in [3.63, 3.8) is 0 Å². The number of aromatic nitrogens is 3. The van der Waals surface area contributed by atoms with Crippen molar-refractivity contribution in [3.05, 3.63) is 46.3 Å². The van der Waals surface area contributed by atoms with Crippen LogP contribution in [0.15, 0.2) is 29.3 Å². The molecule has 2 aromatic heterocycles. The number of anilines is 2. The fraction of sp³-hybridized carbons (Fsp3) is 0.500. The van der Waals surface area contributed by atoms with Crippen LogP contribution in [-0.4, -0.2) is 64.4 Å². The maximum Gasteiger partial charge on any atom is 0.413 e. The van der Waals surface area contributed by atoms with Gasteiger partial charge in [0.1, 0.15) is 0 Å². The predicted octanol–water partition coefficient (Wildman–Crippen LogP) is 2.03. The minimum Gasteiger partial charge on any atom is -0.377 e. The number of fused-ring (bicyclic) bond motifs is 1. The molecule has 8 nitrogen and oxygen atoms in total. The molecule has 0 aliphatic carbocycles. The second-order valence-electron chi connectivity index (χ2n) is 8.08. The van der Waals surface area contributed by atoms with Crippen LogP contribution in [0.3, 0.4) is 0 Å². The van der Waals surface area contributed by atoms with E-state index in [0.717, 1.165) is 11.8 Å². The summed E-state index contributed by atoms with van der Waals surface area (Å²) in [5.74, 6) is -2.61. The number of hydrogen-bond acceptors (Lipinski definition) is 7. The van der Waals surface area contributed by atoms with E-state index in [0.29, 0.717) is 4.57 Å². The van der Waals surface area contributed by atoms with E-state index in [1.165, 1.54) is 29.4 Å². The fourth-order valence-corrected chi connectivity index (χ4v) is 3.95. The summed E-state index contributed by atoms with van der Waals surface area (Å²) in [6.07, 6.45) is -2.15. The van der Waals surface area contributed by atoms with Gasteiger partial charge in [-0.3, -0.25) is 19.1 Å². The first-order chi connectivity index (χ1) is 15.0. The summed E-state index contributed by atoms with van der Waals surface area (Å²) < 4.78 is 63.3. The summed E-state index contributed by atoms with van der Waals surface area (Å²) in [6.45, 7) is 1.74. The standard InChI is InChI=1S/C20H21F4N5O3/c1-12-10-32-7-6-27(12)16-15(21)17(31)28-11-19(2,20(22,23)24)29(18(28)26-16)9-14(30)13-4-3-5-25-8-13/h3-5,8,12H,6-7,9-11H2,1-2H3/t12-,19+/m1/s1. The molecular weight excluding hydrogens is 434 g/mol. The molecule has 1 fully saturated rings. The monoisotopic (exact) mass is 455 g/mol. The minimum absolute atomic E-state index is 0.113. The largest absolute Gasteiger partial charge is 0.413 e. The van der Waals surface area contributed by atoms with Gasteiger partial charge in [-0.2, -0.15) is 22.5 Å². The summed E-state index contributed by atoms with van der Waals surface area (Å²) in [7, 11) is 0. The SMILES string of the molecule is C[C@@H]1COCCN1c1nc2n(c(=O)c1F)C[C@@](C)(C(F)(F)F)N2CC(=O)c1cccnc1. The molecule has 0 aromatic carbocycles. The first kappa shape index (κ1) is 22.2. The molecule has 1 saturated heterocycles. The summed E-state index contributed by atoms with van der Waals surface area (Å²) in [5.41, 5.74) is -3.73. The molecule has 2 atom stereocenters. The second-order valence-corrected chi connectivity index (χ2v) is 8.08. The highest BCUT2D eigenvalue weighted by molar-refractivity contribution is 5.99. The van der Waals surface area contributed by atoms with E-state index in [2.05, 4.69) is 9.97 Å². The van der Waals surface area contributed by atoms with Crippen LogP contribution in [0.2, 0.25) is 0 Å². The van der Waals surface area contributed by atoms with Gasteiger partial charge in [-0.15, -0.1) is 0 Å². The van der Waals surface area contributed by atoms with E-state index in [4.69, 9.17) is 4.74 Å². The molecule has 0 spiro atoms. The highest BCUT2D eigenvalue weighted by Gasteiger charge is 2.60. The third kappa shape index (κ3) is 3.51. The normalized spacial score (nSPS) is 23.4. The predicted molar refractivity (Wildman–Crippen MR) is 106 cm³/mol. The van der Waals surface area contributed by atoms with Gasteiger partial charge in [0.05, 0.1) is 32.3 Å². The average Bonchev–Trinajstić information content (AvgIpc) is 3.05. The zero-order valence-electron chi connectivity index (χ0n) is 17.4. The molecule has 32 heavy (non-hydrogen) atoms. The maximum atomic E-state index is 15.0. The second kappa shape index (κ2) is 7.84. The van der Waals surface area contributed by atoms with Crippen molar-refractivity contribution in [2.75, 3.05) is 36.1 Å². The Labute approximate surface area is 180 Å². The third-order valence-corrected chi connectivity index (χ3v) is 5.92. The molecule has 4 heterocycles. The van der Waals surface area contributed by atoms with Crippen LogP contribution < -0.4 is 15.4 Å². The number of rotatable bonds is 4. The van der Waals surface area contributed by atoms with E-state index >= 15 is 0 Å². The number of hydrogen-bond donors (Lipinski definition) is 0. The molecule has 172 valence electrons. The van der Waals surface area contributed by atoms with Crippen LogP contribution in [0, 0.1) is 5.82 Å². The summed E-state index contributed by atoms with van der Waals surface area (Å²) in [4.78, 5) is 35.7. The number of ether oxygens (including phenoxy) is 1. The molecule has 0 unspecified atom stereocenters. The first-order valence-electron chi connectivity index (χ1n) is 9.97. The maximum absolute atomic E-state index is 15.0. The average molecular weight is 455 g/mol. The lowest BCUT2D eigenvalue weighted by molar-refractivity contribution is -0.181. The topological polar surface area (TPSA) is 80.6 Å². The Morgan fingerprint density at radius 3 is 2.75 bits per heavy atom. The van der Waals surface area contributed by atoms with Crippen LogP contribution in [0.1, 0.15) is 24.2 Å². The van der Waals surface area contributed by atoms with Crippen LogP contribution >= 0.6 is 0 Å². The molecular formula is C20H21F4N5O3. The van der Waals surface area contributed by atoms with E-state index in [1.54, 1.807) is 6.92 Å². The molecule has 0 radical (unpaired) electrons. The fourth-order valence-electron chi connectivity index (χ4n) is 3.95. The van der Waals surface area contributed by atoms with Crippen LogP contribution in [-0.2, 0) is 11.3 Å². The molecule has 0 N–H and O–H groups in total. The van der Waals surface area contributed by atoms with Crippen molar-refractivity contribution in [2.24, 2.45) is 0 Å². The van der Waals surface area contributed by atoms with Crippen LogP contribution in [0.4, 0.5) is 29.3 Å². The highest BCUT2D eigenvalue weighted by Crippen LogP contribution is 2.43. The smallest absolute Gasteiger partial charge is 0.377 e. The zero-order chi connectivity index (χ0) is 23.3. The third-order valence-electron chi connectivity index (χ3n) is 5.92. The van der Waals surface area contributed by atoms with Gasteiger partial charge in [0, 0.05) is 24.5 Å². The highest BCUT2D eigenvalue weighted by atomic mass is 19.4. The molecule has 2 aliphatic heterocycles. The Morgan fingerprint density at radius 1 is 1.38 bits per heavy atom. The molecule has 2 aliphatic rings. The van der Waals surface area contributed by atoms with E-state index in [-0.39, 0.29) is 37.2 Å². The molecule has 2 aromatic rings. The Hall–Kier alpha value is -3.02. The molecule has 0 saturated carbocycles. The van der Waals surface area contributed by atoms with Gasteiger partial charge in [-0.05, 0) is 26.0 Å². The van der Waals surface area contributed by atoms with Crippen LogP contribution in [0.5, 0.6) is 0 Å². The Balaban J connectivity index is 1.83. The van der Waals surface area contributed by atoms with Gasteiger partial charge < -0.3 is 14.5 Å². The summed E-state index contributed by atoms with van der Waals surface area (Å²) in [6, 6.07) is 2.58. The summed E-state index contributed by atoms with van der Waals surface area (Å²) in [5, 5.41) is 0. The molecule has 0 bridgehead atoms. The van der Waals surface area contributed by atoms with Crippen molar-refractivity contribution in [3.8, 4) is 0 Å². The van der Waals surface area contributed by atoms with Crippen molar-refractivity contribution in [1.82, 2.24) is 14.5 Å². The van der Waals surface area contributed by atoms with Gasteiger partial charge in [0.2, 0.25) is 11.8 Å². The minimum atomic E-state index is -4.83. The molecule has 0 amide bonds. The lowest BCUT2D eigenvalue weighted by Gasteiger charge is -2.37. The van der Waals surface area contributed by atoms with Crippen LogP contribution in [0.25, 0.3) is 0 Å². The molecule has 4 rings (SSSR count). The number of carbonyl (C=O) groups excluding carboxylic acids is 1. The first-order valence-corrected chi connectivity index (χ1v) is 9.97. The Bertz CT molecular complexity index is 1090. The van der Waals surface area contributed by atoms with Gasteiger partial charge in [0.25, 0.3) is 5.56 Å². The van der Waals surface area contributed by atoms with Crippen molar-refractivity contribution in [2.45, 2.75) is 38.1 Å². The van der Waals surface area contributed by atoms with Gasteiger partial charge in [0.15, 0.2) is 17.1 Å². The number of nitrogens with zero attached hydrogens (tertiary/aromatic N) is 5. The van der Waals surface area contributed by atoms with E-state index in [9.17, 15) is 27.2 Å². The number of alkyl halides is 3. The number of Topliss-reactive ketones (excluding diaryl/α,β-unsaturated/α-hetero) is 1. The number of morpholine rings is 1. The van der Waals surface area contributed by atoms with E-state index < -0.39 is 47.9 Å². The van der Waals surface area contributed by atoms with Gasteiger partial charge >= 0.3 is 6.18 Å². The van der Waals surface area contributed by atoms with Gasteiger partial charge in [-0.25, -0.2) is 0 Å². The van der Waals surface area contributed by atoms with E-state index in [1.807, 2.05) is 0 Å². The van der Waals surface area contributed by atoms with Crippen molar-refractivity contribution in [1.29, 1.82) is 0 Å². The number of halogens is 4. The number of pyridine rings is 1.